The first-order valence-electron chi connectivity index (χ1n) is 6.73. The van der Waals surface area contributed by atoms with Gasteiger partial charge in [0.2, 0.25) is 0 Å². The van der Waals surface area contributed by atoms with E-state index in [1.54, 1.807) is 11.9 Å². The first-order chi connectivity index (χ1) is 9.13. The maximum Gasteiger partial charge on any atom is 0.410 e. The predicted octanol–water partition coefficient (Wildman–Crippen LogP) is 1.08. The molecule has 2 rings (SSSR count). The van der Waals surface area contributed by atoms with E-state index in [0.29, 0.717) is 13.1 Å². The Morgan fingerprint density at radius 1 is 1.35 bits per heavy atom. The summed E-state index contributed by atoms with van der Waals surface area (Å²) in [6.45, 7) is 10.2. The van der Waals surface area contributed by atoms with Gasteiger partial charge in [-0.15, -0.1) is 0 Å². The number of carboxylic acid groups (broad SMARTS) is 1. The maximum absolute atomic E-state index is 12.0. The number of piperidine rings is 1. The molecule has 2 N–H and O–H groups in total. The van der Waals surface area contributed by atoms with Gasteiger partial charge in [0.05, 0.1) is 11.1 Å². The molecule has 0 aromatic carbocycles. The number of likely N-dealkylation sites (tertiary alicyclic amines) is 1. The van der Waals surface area contributed by atoms with Gasteiger partial charge in [0.25, 0.3) is 0 Å². The fourth-order valence-corrected chi connectivity index (χ4v) is 3.25. The lowest BCUT2D eigenvalue weighted by Gasteiger charge is -2.29. The molecule has 1 aliphatic heterocycles. The van der Waals surface area contributed by atoms with Gasteiger partial charge in [-0.2, -0.15) is 0 Å². The van der Waals surface area contributed by atoms with Gasteiger partial charge in [-0.05, 0) is 27.8 Å². The van der Waals surface area contributed by atoms with Gasteiger partial charge < -0.3 is 20.1 Å². The zero-order chi connectivity index (χ0) is 15.3. The van der Waals surface area contributed by atoms with Crippen LogP contribution in [0.5, 0.6) is 0 Å². The highest BCUT2D eigenvalue weighted by atomic mass is 16.6. The maximum atomic E-state index is 12.0. The van der Waals surface area contributed by atoms with Crippen LogP contribution in [0, 0.1) is 11.8 Å². The van der Waals surface area contributed by atoms with Crippen LogP contribution in [0.1, 0.15) is 20.8 Å². The number of nitrogens with zero attached hydrogens (tertiary/aromatic N) is 1. The fraction of sp³-hybridized carbons (Fsp3) is 0.714. The van der Waals surface area contributed by atoms with Gasteiger partial charge in [-0.1, -0.05) is 6.58 Å². The van der Waals surface area contributed by atoms with Crippen molar-refractivity contribution in [1.29, 1.82) is 0 Å². The number of rotatable bonds is 3. The molecule has 6 nitrogen and oxygen atoms in total. The Morgan fingerprint density at radius 3 is 2.20 bits per heavy atom. The van der Waals surface area contributed by atoms with Crippen LogP contribution in [0.15, 0.2) is 12.2 Å². The van der Waals surface area contributed by atoms with Gasteiger partial charge in [0.1, 0.15) is 5.60 Å². The average molecular weight is 282 g/mol. The molecule has 0 radical (unpaired) electrons. The summed E-state index contributed by atoms with van der Waals surface area (Å²) in [5.41, 5.74) is -0.905. The van der Waals surface area contributed by atoms with Gasteiger partial charge in [-0.3, -0.25) is 0 Å². The molecule has 0 aromatic heterocycles. The van der Waals surface area contributed by atoms with Crippen LogP contribution in [0.2, 0.25) is 0 Å². The SMILES string of the molecule is C=C(C(=O)O)[C@@]1(NC)C2CN(C(=O)OC(C)(C)C)C[C@@H]21. The van der Waals surface area contributed by atoms with E-state index in [9.17, 15) is 9.59 Å². The van der Waals surface area contributed by atoms with E-state index in [2.05, 4.69) is 11.9 Å². The Labute approximate surface area is 118 Å². The molecule has 1 saturated carbocycles. The molecule has 1 saturated heterocycles. The first-order valence-corrected chi connectivity index (χ1v) is 6.73. The highest BCUT2D eigenvalue weighted by molar-refractivity contribution is 5.90. The molecule has 1 amide bonds. The summed E-state index contributed by atoms with van der Waals surface area (Å²) in [4.78, 5) is 24.8. The second-order valence-electron chi connectivity index (χ2n) is 6.50. The molecule has 1 heterocycles. The molecule has 3 atom stereocenters. The quantitative estimate of drug-likeness (QED) is 0.757. The second kappa shape index (κ2) is 4.48. The lowest BCUT2D eigenvalue weighted by atomic mass is 10.0. The average Bonchev–Trinajstić information content (AvgIpc) is 2.69. The van der Waals surface area contributed by atoms with E-state index in [1.165, 1.54) is 0 Å². The fourth-order valence-electron chi connectivity index (χ4n) is 3.25. The number of fused-ring (bicyclic) bond motifs is 1. The Balaban J connectivity index is 2.01. The molecule has 112 valence electrons. The Morgan fingerprint density at radius 2 is 1.85 bits per heavy atom. The number of carbonyl (C=O) groups is 2. The van der Waals surface area contributed by atoms with Crippen molar-refractivity contribution < 1.29 is 19.4 Å². The van der Waals surface area contributed by atoms with Crippen molar-refractivity contribution >= 4 is 12.1 Å². The molecule has 20 heavy (non-hydrogen) atoms. The van der Waals surface area contributed by atoms with Crippen LogP contribution in [0.4, 0.5) is 4.79 Å². The van der Waals surface area contributed by atoms with Crippen LogP contribution >= 0.6 is 0 Å². The summed E-state index contributed by atoms with van der Waals surface area (Å²) in [5.74, 6) is -0.787. The molecule has 2 aliphatic rings. The van der Waals surface area contributed by atoms with Crippen molar-refractivity contribution in [3.05, 3.63) is 12.2 Å². The Kier molecular flexibility index (Phi) is 3.32. The topological polar surface area (TPSA) is 78.9 Å². The molecule has 1 unspecified atom stereocenters. The van der Waals surface area contributed by atoms with Crippen molar-refractivity contribution in [2.24, 2.45) is 11.8 Å². The number of ether oxygens (including phenoxy) is 1. The molecule has 0 aromatic rings. The van der Waals surface area contributed by atoms with Gasteiger partial charge >= 0.3 is 12.1 Å². The van der Waals surface area contributed by atoms with E-state index in [4.69, 9.17) is 9.84 Å². The monoisotopic (exact) mass is 282 g/mol. The van der Waals surface area contributed by atoms with E-state index in [1.807, 2.05) is 20.8 Å². The standard InChI is InChI=1S/C14H22N2O4/c1-8(11(17)18)14(15-5)9-6-16(7-10(9)14)12(19)20-13(2,3)4/h9-10,15H,1,6-7H2,2-5H3,(H,17,18)/t9-,10?,14-/m0/s1. The number of carboxylic acids is 1. The number of carbonyl (C=O) groups excluding carboxylic acids is 1. The number of aliphatic carboxylic acids is 1. The molecule has 0 bridgehead atoms. The minimum absolute atomic E-state index is 0.101. The molecule has 6 heteroatoms. The van der Waals surface area contributed by atoms with Crippen LogP contribution in [0.25, 0.3) is 0 Å². The van der Waals surface area contributed by atoms with Crippen LogP contribution in [0.3, 0.4) is 0 Å². The Hall–Kier alpha value is -1.56. The van der Waals surface area contributed by atoms with Crippen molar-refractivity contribution in [2.45, 2.75) is 31.9 Å². The smallest absolute Gasteiger partial charge is 0.410 e. The minimum atomic E-state index is -0.988. The van der Waals surface area contributed by atoms with Crippen molar-refractivity contribution in [1.82, 2.24) is 10.2 Å². The van der Waals surface area contributed by atoms with E-state index in [-0.39, 0.29) is 23.5 Å². The largest absolute Gasteiger partial charge is 0.478 e. The first kappa shape index (κ1) is 14.8. The lowest BCUT2D eigenvalue weighted by molar-refractivity contribution is -0.133. The van der Waals surface area contributed by atoms with Crippen molar-refractivity contribution in [3.63, 3.8) is 0 Å². The molecule has 0 spiro atoms. The van der Waals surface area contributed by atoms with Crippen molar-refractivity contribution in [3.8, 4) is 0 Å². The molecule has 1 aliphatic carbocycles. The van der Waals surface area contributed by atoms with E-state index in [0.717, 1.165) is 0 Å². The van der Waals surface area contributed by atoms with Crippen LogP contribution in [-0.4, -0.2) is 53.3 Å². The van der Waals surface area contributed by atoms with E-state index >= 15 is 0 Å². The number of hydrogen-bond acceptors (Lipinski definition) is 4. The molecular formula is C14H22N2O4. The predicted molar refractivity (Wildman–Crippen MR) is 73.4 cm³/mol. The number of likely N-dealkylation sites (N-methyl/N-ethyl adjacent to an activating group) is 1. The summed E-state index contributed by atoms with van der Waals surface area (Å²) < 4.78 is 5.33. The third kappa shape index (κ3) is 2.18. The summed E-state index contributed by atoms with van der Waals surface area (Å²) >= 11 is 0. The molecule has 2 fully saturated rings. The third-order valence-electron chi connectivity index (χ3n) is 4.20. The van der Waals surface area contributed by atoms with Crippen LogP contribution < -0.4 is 5.32 Å². The minimum Gasteiger partial charge on any atom is -0.478 e. The number of amides is 1. The second-order valence-corrected chi connectivity index (χ2v) is 6.50. The van der Waals surface area contributed by atoms with Gasteiger partial charge in [0, 0.05) is 24.9 Å². The number of nitrogens with one attached hydrogen (secondary N) is 1. The number of hydrogen-bond donors (Lipinski definition) is 2. The third-order valence-corrected chi connectivity index (χ3v) is 4.20. The zero-order valence-electron chi connectivity index (χ0n) is 12.4. The van der Waals surface area contributed by atoms with Crippen molar-refractivity contribution in [2.75, 3.05) is 20.1 Å². The summed E-state index contributed by atoms with van der Waals surface area (Å²) in [5, 5.41) is 12.2. The summed E-state index contributed by atoms with van der Waals surface area (Å²) in [7, 11) is 1.74. The summed E-state index contributed by atoms with van der Waals surface area (Å²) in [6.07, 6.45) is -0.337. The lowest BCUT2D eigenvalue weighted by Crippen LogP contribution is -2.45. The highest BCUT2D eigenvalue weighted by Gasteiger charge is 2.70. The summed E-state index contributed by atoms with van der Waals surface area (Å²) in [6, 6.07) is 0. The molecular weight excluding hydrogens is 260 g/mol. The van der Waals surface area contributed by atoms with Gasteiger partial charge in [0.15, 0.2) is 0 Å². The Bertz CT molecular complexity index is 454. The van der Waals surface area contributed by atoms with Gasteiger partial charge in [-0.25, -0.2) is 9.59 Å². The normalized spacial score (nSPS) is 31.7. The highest BCUT2D eigenvalue weighted by Crippen LogP contribution is 2.58. The van der Waals surface area contributed by atoms with Crippen LogP contribution in [-0.2, 0) is 9.53 Å². The zero-order valence-corrected chi connectivity index (χ0v) is 12.4. The van der Waals surface area contributed by atoms with E-state index < -0.39 is 17.1 Å².